The number of halogens is 3. The average molecular weight is 498 g/mol. The maximum absolute atomic E-state index is 10.4. The normalized spacial score (nSPS) is 28.7. The third-order valence-electron chi connectivity index (χ3n) is 6.48. The first-order valence-electron chi connectivity index (χ1n) is 10.3. The van der Waals surface area contributed by atoms with E-state index < -0.39 is 5.60 Å². The number of benzene rings is 2. The average Bonchev–Trinajstić information content (AvgIpc) is 3.55. The number of epoxide rings is 1. The first-order valence-corrected chi connectivity index (χ1v) is 11.9. The van der Waals surface area contributed by atoms with Gasteiger partial charge in [0.05, 0.1) is 16.0 Å². The second-order valence-electron chi connectivity index (χ2n) is 8.92. The van der Waals surface area contributed by atoms with Crippen LogP contribution >= 0.6 is 39.1 Å². The summed E-state index contributed by atoms with van der Waals surface area (Å²) >= 11 is 15.2. The quantitative estimate of drug-likeness (QED) is 0.342. The Morgan fingerprint density at radius 2 is 1.52 bits per heavy atom. The minimum Gasteiger partial charge on any atom is -0.388 e. The summed E-state index contributed by atoms with van der Waals surface area (Å²) in [7, 11) is 0. The molecule has 0 amide bonds. The van der Waals surface area contributed by atoms with Crippen molar-refractivity contribution >= 4 is 39.1 Å². The molecule has 3 fully saturated rings. The van der Waals surface area contributed by atoms with Gasteiger partial charge < -0.3 is 9.84 Å². The predicted octanol–water partition coefficient (Wildman–Crippen LogP) is 7.52. The fraction of sp³-hybridized carbons (Fsp3) is 0.500. The van der Waals surface area contributed by atoms with Crippen molar-refractivity contribution in [2.75, 3.05) is 0 Å². The maximum Gasteiger partial charge on any atom is 0.112 e. The van der Waals surface area contributed by atoms with Crippen molar-refractivity contribution in [3.05, 3.63) is 69.7 Å². The molecule has 4 unspecified atom stereocenters. The molecule has 5 heteroatoms. The first kappa shape index (κ1) is 21.6. The lowest BCUT2D eigenvalue weighted by atomic mass is 9.92. The molecule has 1 aliphatic heterocycles. The molecule has 0 radical (unpaired) electrons. The third-order valence-corrected chi connectivity index (χ3v) is 8.44. The van der Waals surface area contributed by atoms with Crippen LogP contribution in [0.25, 0.3) is 0 Å². The molecule has 2 aromatic carbocycles. The molecule has 0 bridgehead atoms. The summed E-state index contributed by atoms with van der Waals surface area (Å²) in [6.07, 6.45) is 5.24. The second-order valence-corrected chi connectivity index (χ2v) is 10.7. The molecule has 1 heterocycles. The van der Waals surface area contributed by atoms with Crippen molar-refractivity contribution < 1.29 is 9.84 Å². The highest BCUT2D eigenvalue weighted by atomic mass is 79.9. The van der Waals surface area contributed by atoms with Gasteiger partial charge >= 0.3 is 0 Å². The summed E-state index contributed by atoms with van der Waals surface area (Å²) in [5.74, 6) is 1.22. The maximum atomic E-state index is 10.4. The highest BCUT2D eigenvalue weighted by molar-refractivity contribution is 9.09. The van der Waals surface area contributed by atoms with Crippen molar-refractivity contribution in [2.45, 2.75) is 61.7 Å². The van der Waals surface area contributed by atoms with Crippen LogP contribution in [0.5, 0.6) is 0 Å². The molecule has 2 aliphatic carbocycles. The van der Waals surface area contributed by atoms with Gasteiger partial charge in [0.1, 0.15) is 6.10 Å². The zero-order valence-corrected chi connectivity index (χ0v) is 19.8. The van der Waals surface area contributed by atoms with Crippen LogP contribution in [0.4, 0.5) is 0 Å². The fourth-order valence-electron chi connectivity index (χ4n) is 4.07. The molecule has 0 aromatic heterocycles. The van der Waals surface area contributed by atoms with Crippen molar-refractivity contribution in [1.29, 1.82) is 0 Å². The van der Waals surface area contributed by atoms with Gasteiger partial charge in [0.15, 0.2) is 0 Å². The predicted molar refractivity (Wildman–Crippen MR) is 123 cm³/mol. The monoisotopic (exact) mass is 496 g/mol. The van der Waals surface area contributed by atoms with Crippen LogP contribution in [0.15, 0.2) is 48.5 Å². The van der Waals surface area contributed by atoms with E-state index in [1.54, 1.807) is 0 Å². The van der Waals surface area contributed by atoms with Crippen LogP contribution < -0.4 is 0 Å². The van der Waals surface area contributed by atoms with Crippen molar-refractivity contribution in [3.63, 3.8) is 0 Å². The summed E-state index contributed by atoms with van der Waals surface area (Å²) in [5.41, 5.74) is 1.82. The van der Waals surface area contributed by atoms with E-state index in [-0.39, 0.29) is 10.4 Å². The minimum absolute atomic E-state index is 0.0187. The van der Waals surface area contributed by atoms with Crippen molar-refractivity contribution in [1.82, 2.24) is 0 Å². The van der Waals surface area contributed by atoms with E-state index in [1.807, 2.05) is 43.3 Å². The van der Waals surface area contributed by atoms with Crippen molar-refractivity contribution in [2.24, 2.45) is 11.8 Å². The molecular weight excluding hydrogens is 471 g/mol. The molecule has 2 nitrogen and oxygen atoms in total. The van der Waals surface area contributed by atoms with Crippen LogP contribution in [-0.2, 0) is 4.74 Å². The number of hydrogen-bond donors (Lipinski definition) is 1. The van der Waals surface area contributed by atoms with Gasteiger partial charge in [0, 0.05) is 10.0 Å². The number of alkyl halides is 1. The molecule has 4 atom stereocenters. The van der Waals surface area contributed by atoms with Crippen LogP contribution in [0.2, 0.25) is 10.0 Å². The Bertz CT molecular complexity index is 844. The molecule has 1 N–H and O–H groups in total. The lowest BCUT2D eigenvalue weighted by molar-refractivity contribution is 0.0359. The standard InChI is InChI=1S/C12H14BrClO.C12H13ClO/c1-12(15,9-4-5-9)11(13)8-2-6-10(14)7-3-8;1-12(9-4-5-9)11(14-12)8-2-6-10(13)7-3-8/h2-3,6-7,9,11,15H,4-5H2,1H3;2-3,6-7,9,11H,4-5H2,1H3. The Kier molecular flexibility index (Phi) is 6.09. The summed E-state index contributed by atoms with van der Waals surface area (Å²) in [4.78, 5) is -0.0187. The first-order chi connectivity index (χ1) is 13.7. The Morgan fingerprint density at radius 3 is 2.00 bits per heavy atom. The summed E-state index contributed by atoms with van der Waals surface area (Å²) in [5, 5.41) is 11.9. The van der Waals surface area contributed by atoms with E-state index in [0.717, 1.165) is 34.4 Å². The van der Waals surface area contributed by atoms with Gasteiger partial charge in [-0.25, -0.2) is 0 Å². The van der Waals surface area contributed by atoms with E-state index in [2.05, 4.69) is 35.0 Å². The zero-order valence-electron chi connectivity index (χ0n) is 16.7. The third kappa shape index (κ3) is 4.85. The Hall–Kier alpha value is -0.580. The number of rotatable bonds is 5. The van der Waals surface area contributed by atoms with Gasteiger partial charge in [-0.15, -0.1) is 0 Å². The number of aliphatic hydroxyl groups is 1. The van der Waals surface area contributed by atoms with Gasteiger partial charge in [-0.1, -0.05) is 63.4 Å². The molecule has 3 aliphatic rings. The van der Waals surface area contributed by atoms with Crippen molar-refractivity contribution in [3.8, 4) is 0 Å². The van der Waals surface area contributed by atoms with Crippen LogP contribution in [0.3, 0.4) is 0 Å². The highest BCUT2D eigenvalue weighted by Gasteiger charge is 2.61. The topological polar surface area (TPSA) is 32.8 Å². The second kappa shape index (κ2) is 8.16. The summed E-state index contributed by atoms with van der Waals surface area (Å²) in [6, 6.07) is 15.6. The van der Waals surface area contributed by atoms with Crippen LogP contribution in [0, 0.1) is 11.8 Å². The molecule has 156 valence electrons. The van der Waals surface area contributed by atoms with E-state index in [9.17, 15) is 5.11 Å². The number of ether oxygens (including phenoxy) is 1. The summed E-state index contributed by atoms with van der Waals surface area (Å²) in [6.45, 7) is 4.13. The lowest BCUT2D eigenvalue weighted by Gasteiger charge is -2.29. The van der Waals surface area contributed by atoms with Gasteiger partial charge in [-0.2, -0.15) is 0 Å². The van der Waals surface area contributed by atoms with E-state index in [4.69, 9.17) is 27.9 Å². The Labute approximate surface area is 191 Å². The Balaban J connectivity index is 0.000000141. The number of hydrogen-bond acceptors (Lipinski definition) is 2. The van der Waals surface area contributed by atoms with E-state index >= 15 is 0 Å². The van der Waals surface area contributed by atoms with Crippen LogP contribution in [0.1, 0.15) is 61.6 Å². The lowest BCUT2D eigenvalue weighted by Crippen LogP contribution is -2.32. The van der Waals surface area contributed by atoms with Crippen LogP contribution in [-0.4, -0.2) is 16.3 Å². The van der Waals surface area contributed by atoms with Gasteiger partial charge in [-0.05, 0) is 86.8 Å². The minimum atomic E-state index is -0.659. The highest BCUT2D eigenvalue weighted by Crippen LogP contribution is 2.61. The smallest absolute Gasteiger partial charge is 0.112 e. The van der Waals surface area contributed by atoms with E-state index in [1.165, 1.54) is 18.4 Å². The molecular formula is C24H27BrCl2O2. The molecule has 2 aromatic rings. The van der Waals surface area contributed by atoms with Gasteiger partial charge in [0.25, 0.3) is 0 Å². The zero-order chi connectivity index (χ0) is 20.8. The van der Waals surface area contributed by atoms with Gasteiger partial charge in [-0.3, -0.25) is 0 Å². The summed E-state index contributed by atoms with van der Waals surface area (Å²) < 4.78 is 5.81. The molecule has 29 heavy (non-hydrogen) atoms. The largest absolute Gasteiger partial charge is 0.388 e. The molecule has 5 rings (SSSR count). The van der Waals surface area contributed by atoms with Gasteiger partial charge in [0.2, 0.25) is 0 Å². The molecule has 0 spiro atoms. The Morgan fingerprint density at radius 1 is 1.00 bits per heavy atom. The van der Waals surface area contributed by atoms with E-state index in [0.29, 0.717) is 12.0 Å². The fourth-order valence-corrected chi connectivity index (χ4v) is 5.00. The SMILES string of the molecule is CC(O)(C1CC1)C(Br)c1ccc(Cl)cc1.CC1(C2CC2)OC1c1ccc(Cl)cc1. The molecule has 1 saturated heterocycles. The molecule has 2 saturated carbocycles.